The molecule has 7 nitrogen and oxygen atoms in total. The third-order valence-electron chi connectivity index (χ3n) is 4.79. The number of aliphatic imine (C=N–C) groups is 1. The van der Waals surface area contributed by atoms with Crippen LogP contribution in [0.15, 0.2) is 51.6 Å². The Morgan fingerprint density at radius 3 is 2.80 bits per heavy atom. The molecule has 30 heavy (non-hydrogen) atoms. The van der Waals surface area contributed by atoms with E-state index in [0.717, 1.165) is 23.0 Å². The summed E-state index contributed by atoms with van der Waals surface area (Å²) in [5.41, 5.74) is 2.64. The number of fused-ring (bicyclic) bond motifs is 1. The molecule has 1 N–H and O–H groups in total. The van der Waals surface area contributed by atoms with Gasteiger partial charge in [0, 0.05) is 23.8 Å². The van der Waals surface area contributed by atoms with Gasteiger partial charge in [-0.15, -0.1) is 0 Å². The maximum atomic E-state index is 12.6. The van der Waals surface area contributed by atoms with E-state index < -0.39 is 12.0 Å². The summed E-state index contributed by atoms with van der Waals surface area (Å²) in [5, 5.41) is 6.13. The Balaban J connectivity index is 1.92. The molecule has 1 aromatic rings. The van der Waals surface area contributed by atoms with Crippen LogP contribution in [0.2, 0.25) is 5.02 Å². The lowest BCUT2D eigenvalue weighted by Gasteiger charge is -2.36. The van der Waals surface area contributed by atoms with Crippen LogP contribution in [-0.4, -0.2) is 61.1 Å². The van der Waals surface area contributed by atoms with Gasteiger partial charge in [0.1, 0.15) is 0 Å². The molecule has 2 aliphatic heterocycles. The maximum Gasteiger partial charge on any atom is 0.338 e. The molecule has 0 fully saturated rings. The van der Waals surface area contributed by atoms with Gasteiger partial charge in [-0.2, -0.15) is 0 Å². The molecule has 1 unspecified atom stereocenters. The fraction of sp³-hybridized carbons (Fsp3) is 0.381. The van der Waals surface area contributed by atoms with E-state index in [9.17, 15) is 9.59 Å². The molecule has 0 saturated carbocycles. The lowest BCUT2D eigenvalue weighted by molar-refractivity contribution is -0.136. The van der Waals surface area contributed by atoms with Crippen LogP contribution < -0.4 is 5.32 Å². The van der Waals surface area contributed by atoms with E-state index in [1.165, 1.54) is 18.9 Å². The van der Waals surface area contributed by atoms with Gasteiger partial charge in [-0.1, -0.05) is 35.5 Å². The van der Waals surface area contributed by atoms with Gasteiger partial charge >= 0.3 is 5.97 Å². The third kappa shape index (κ3) is 4.88. The van der Waals surface area contributed by atoms with Crippen molar-refractivity contribution in [2.75, 3.05) is 34.3 Å². The van der Waals surface area contributed by atoms with Gasteiger partial charge in [0.2, 0.25) is 5.91 Å². The quantitative estimate of drug-likeness (QED) is 0.646. The summed E-state index contributed by atoms with van der Waals surface area (Å²) in [6.07, 6.45) is 0.185. The first-order valence-corrected chi connectivity index (χ1v) is 10.8. The molecule has 160 valence electrons. The maximum absolute atomic E-state index is 12.6. The van der Waals surface area contributed by atoms with E-state index in [0.29, 0.717) is 22.8 Å². The van der Waals surface area contributed by atoms with Crippen LogP contribution in [0.1, 0.15) is 24.9 Å². The number of halogens is 1. The summed E-state index contributed by atoms with van der Waals surface area (Å²) in [7, 11) is 5.26. The van der Waals surface area contributed by atoms with Crippen molar-refractivity contribution in [3.05, 3.63) is 57.2 Å². The molecule has 0 bridgehead atoms. The highest BCUT2D eigenvalue weighted by molar-refractivity contribution is 8.16. The van der Waals surface area contributed by atoms with Crippen LogP contribution in [0.4, 0.5) is 0 Å². The van der Waals surface area contributed by atoms with Crippen LogP contribution in [-0.2, 0) is 14.3 Å². The summed E-state index contributed by atoms with van der Waals surface area (Å²) in [6.45, 7) is 3.12. The molecule has 0 aliphatic carbocycles. The van der Waals surface area contributed by atoms with Gasteiger partial charge < -0.3 is 19.9 Å². The minimum atomic E-state index is -0.473. The van der Waals surface area contributed by atoms with Crippen molar-refractivity contribution in [3.63, 3.8) is 0 Å². The van der Waals surface area contributed by atoms with Gasteiger partial charge in [-0.3, -0.25) is 4.79 Å². The van der Waals surface area contributed by atoms with Gasteiger partial charge in [-0.25, -0.2) is 9.79 Å². The first-order chi connectivity index (χ1) is 14.3. The van der Waals surface area contributed by atoms with Gasteiger partial charge in [0.05, 0.1) is 30.8 Å². The van der Waals surface area contributed by atoms with E-state index in [-0.39, 0.29) is 12.3 Å². The van der Waals surface area contributed by atoms with Gasteiger partial charge in [0.15, 0.2) is 5.17 Å². The minimum absolute atomic E-state index is 0.0827. The number of likely N-dealkylation sites (N-methyl/N-ethyl adjacent to an activating group) is 1. The third-order valence-corrected chi connectivity index (χ3v) is 5.92. The zero-order valence-corrected chi connectivity index (χ0v) is 19.0. The Hall–Kier alpha value is -2.29. The van der Waals surface area contributed by atoms with Crippen molar-refractivity contribution >= 4 is 40.4 Å². The number of thioether (sulfide) groups is 1. The molecule has 2 aliphatic rings. The van der Waals surface area contributed by atoms with Crippen LogP contribution in [0.5, 0.6) is 0 Å². The Kier molecular flexibility index (Phi) is 7.23. The Bertz CT molecular complexity index is 942. The number of rotatable bonds is 7. The number of amidine groups is 1. The number of carbonyl (C=O) groups is 2. The van der Waals surface area contributed by atoms with Crippen LogP contribution in [0.3, 0.4) is 0 Å². The minimum Gasteiger partial charge on any atom is -0.466 e. The normalized spacial score (nSPS) is 18.2. The summed E-state index contributed by atoms with van der Waals surface area (Å²) in [5.74, 6) is -0.535. The summed E-state index contributed by atoms with van der Waals surface area (Å²) < 4.78 is 5.05. The topological polar surface area (TPSA) is 74.2 Å². The molecular weight excluding hydrogens is 424 g/mol. The van der Waals surface area contributed by atoms with Crippen molar-refractivity contribution < 1.29 is 14.3 Å². The van der Waals surface area contributed by atoms with Crippen molar-refractivity contribution in [3.8, 4) is 0 Å². The Labute approximate surface area is 185 Å². The SMILES string of the molecule is COC(=O)C1=C(C)N=C2SC=C(CC(=O)NCCN(C)C)N2C1c1cccc(Cl)c1. The molecule has 2 heterocycles. The molecule has 0 saturated heterocycles. The van der Waals surface area contributed by atoms with E-state index >= 15 is 0 Å². The number of esters is 1. The second-order valence-corrected chi connectivity index (χ2v) is 8.54. The number of hydrogen-bond donors (Lipinski definition) is 1. The largest absolute Gasteiger partial charge is 0.466 e. The predicted molar refractivity (Wildman–Crippen MR) is 120 cm³/mol. The lowest BCUT2D eigenvalue weighted by atomic mass is 9.94. The van der Waals surface area contributed by atoms with Crippen LogP contribution in [0.25, 0.3) is 0 Å². The number of nitrogens with one attached hydrogen (secondary N) is 1. The van der Waals surface area contributed by atoms with Crippen molar-refractivity contribution in [1.29, 1.82) is 0 Å². The number of methoxy groups -OCH3 is 1. The number of amides is 1. The summed E-state index contributed by atoms with van der Waals surface area (Å²) >= 11 is 7.68. The van der Waals surface area contributed by atoms with Crippen LogP contribution in [0, 0.1) is 0 Å². The van der Waals surface area contributed by atoms with Gasteiger partial charge in [-0.05, 0) is 44.1 Å². The molecule has 0 aromatic heterocycles. The average molecular weight is 449 g/mol. The first kappa shape index (κ1) is 22.4. The summed E-state index contributed by atoms with van der Waals surface area (Å²) in [6, 6.07) is 6.88. The van der Waals surface area contributed by atoms with E-state index in [1.807, 2.05) is 47.5 Å². The van der Waals surface area contributed by atoms with Crippen molar-refractivity contribution in [2.45, 2.75) is 19.4 Å². The zero-order valence-electron chi connectivity index (χ0n) is 17.4. The molecule has 9 heteroatoms. The molecule has 0 spiro atoms. The highest BCUT2D eigenvalue weighted by atomic mass is 35.5. The molecular formula is C21H25ClN4O3S. The molecule has 1 atom stereocenters. The zero-order chi connectivity index (χ0) is 21.8. The fourth-order valence-electron chi connectivity index (χ4n) is 3.38. The second-order valence-electron chi connectivity index (χ2n) is 7.27. The highest BCUT2D eigenvalue weighted by Gasteiger charge is 2.40. The number of ether oxygens (including phenoxy) is 1. The van der Waals surface area contributed by atoms with Crippen molar-refractivity contribution in [2.24, 2.45) is 4.99 Å². The number of benzene rings is 1. The van der Waals surface area contributed by atoms with Crippen LogP contribution >= 0.6 is 23.4 Å². The molecule has 1 aromatic carbocycles. The first-order valence-electron chi connectivity index (χ1n) is 9.51. The fourth-order valence-corrected chi connectivity index (χ4v) is 4.54. The second kappa shape index (κ2) is 9.68. The number of carbonyl (C=O) groups excluding carboxylic acids is 2. The van der Waals surface area contributed by atoms with Crippen molar-refractivity contribution in [1.82, 2.24) is 15.1 Å². The monoisotopic (exact) mass is 448 g/mol. The Morgan fingerprint density at radius 1 is 1.37 bits per heavy atom. The number of allylic oxidation sites excluding steroid dienone is 1. The average Bonchev–Trinajstić information content (AvgIpc) is 3.08. The smallest absolute Gasteiger partial charge is 0.338 e. The van der Waals surface area contributed by atoms with E-state index in [2.05, 4.69) is 10.3 Å². The molecule has 1 amide bonds. The molecule has 3 rings (SSSR count). The Morgan fingerprint density at radius 2 is 2.13 bits per heavy atom. The lowest BCUT2D eigenvalue weighted by Crippen LogP contribution is -2.38. The van der Waals surface area contributed by atoms with E-state index in [4.69, 9.17) is 16.3 Å². The van der Waals surface area contributed by atoms with E-state index in [1.54, 1.807) is 13.0 Å². The highest BCUT2D eigenvalue weighted by Crippen LogP contribution is 2.45. The number of hydrogen-bond acceptors (Lipinski definition) is 7. The standard InChI is InChI=1S/C21H25ClN4O3S/c1-13-18(20(28)29-4)19(14-6-5-7-15(22)10-14)26-16(12-30-21(26)24-13)11-17(27)23-8-9-25(2)3/h5-7,10,12,19H,8-9,11H2,1-4H3,(H,23,27). The summed E-state index contributed by atoms with van der Waals surface area (Å²) in [4.78, 5) is 33.7. The molecule has 0 radical (unpaired) electrons. The number of nitrogens with zero attached hydrogens (tertiary/aromatic N) is 3. The predicted octanol–water partition coefficient (Wildman–Crippen LogP) is 3.16. The van der Waals surface area contributed by atoms with Gasteiger partial charge in [0.25, 0.3) is 0 Å².